The number of para-hydroxylation sites is 1. The van der Waals surface area contributed by atoms with Crippen molar-refractivity contribution in [1.82, 2.24) is 4.57 Å². The van der Waals surface area contributed by atoms with Gasteiger partial charge < -0.3 is 9.47 Å². The van der Waals surface area contributed by atoms with Crippen LogP contribution in [0.2, 0.25) is 0 Å². The highest BCUT2D eigenvalue weighted by molar-refractivity contribution is 5.97. The van der Waals surface area contributed by atoms with Crippen molar-refractivity contribution in [2.45, 2.75) is 0 Å². The molecule has 0 amide bonds. The fraction of sp³-hybridized carbons (Fsp3) is 0. The van der Waals surface area contributed by atoms with Gasteiger partial charge in [-0.3, -0.25) is 0 Å². The minimum atomic E-state index is 1.10. The molecule has 0 radical (unpaired) electrons. The van der Waals surface area contributed by atoms with Gasteiger partial charge in [0.05, 0.1) is 5.52 Å². The molecule has 0 aliphatic rings. The van der Waals surface area contributed by atoms with Crippen LogP contribution in [0.4, 0.5) is 17.1 Å². The Morgan fingerprint density at radius 2 is 0.635 bits per heavy atom. The van der Waals surface area contributed by atoms with Crippen LogP contribution in [-0.2, 0) is 0 Å². The lowest BCUT2D eigenvalue weighted by atomic mass is 10.0. The molecule has 0 saturated heterocycles. The standard InChI is InChI=1S/C50H36N2/c1-4-12-37(13-5-1)39-22-30-45(31-23-39)52(46-32-24-40(25-33-46)38-14-6-2-7-15-38)47-34-26-42(27-35-47)41-20-28-44(29-21-41)51-36-49(43-16-8-3-9-17-43)48-18-10-11-19-50(48)51/h1-36H. The zero-order chi connectivity index (χ0) is 34.7. The summed E-state index contributed by atoms with van der Waals surface area (Å²) >= 11 is 0. The Morgan fingerprint density at radius 3 is 1.08 bits per heavy atom. The van der Waals surface area contributed by atoms with Gasteiger partial charge in [0.15, 0.2) is 0 Å². The van der Waals surface area contributed by atoms with E-state index in [9.17, 15) is 0 Å². The van der Waals surface area contributed by atoms with E-state index >= 15 is 0 Å². The lowest BCUT2D eigenvalue weighted by molar-refractivity contribution is 1.13. The number of fused-ring (bicyclic) bond motifs is 1. The van der Waals surface area contributed by atoms with Gasteiger partial charge in [-0.05, 0) is 93.5 Å². The highest BCUT2D eigenvalue weighted by atomic mass is 15.1. The highest BCUT2D eigenvalue weighted by Gasteiger charge is 2.15. The van der Waals surface area contributed by atoms with Gasteiger partial charge in [-0.1, -0.05) is 158 Å². The van der Waals surface area contributed by atoms with Gasteiger partial charge >= 0.3 is 0 Å². The molecule has 2 heteroatoms. The van der Waals surface area contributed by atoms with E-state index < -0.39 is 0 Å². The van der Waals surface area contributed by atoms with E-state index in [1.165, 1.54) is 55.4 Å². The van der Waals surface area contributed by atoms with Gasteiger partial charge in [-0.2, -0.15) is 0 Å². The summed E-state index contributed by atoms with van der Waals surface area (Å²) in [5.41, 5.74) is 15.3. The average Bonchev–Trinajstić information content (AvgIpc) is 3.63. The maximum absolute atomic E-state index is 2.33. The van der Waals surface area contributed by atoms with E-state index in [1.54, 1.807) is 0 Å². The molecule has 1 heterocycles. The minimum absolute atomic E-state index is 1.10. The summed E-state index contributed by atoms with van der Waals surface area (Å²) in [6.07, 6.45) is 2.26. The van der Waals surface area contributed by atoms with Crippen LogP contribution in [0.15, 0.2) is 219 Å². The van der Waals surface area contributed by atoms with Crippen molar-refractivity contribution in [3.8, 4) is 50.2 Å². The van der Waals surface area contributed by atoms with Gasteiger partial charge in [0.25, 0.3) is 0 Å². The molecule has 0 aliphatic heterocycles. The van der Waals surface area contributed by atoms with Crippen LogP contribution >= 0.6 is 0 Å². The number of rotatable bonds is 8. The van der Waals surface area contributed by atoms with Crippen molar-refractivity contribution in [2.75, 3.05) is 4.90 Å². The van der Waals surface area contributed by atoms with Crippen LogP contribution in [0.5, 0.6) is 0 Å². The van der Waals surface area contributed by atoms with Gasteiger partial charge in [-0.25, -0.2) is 0 Å². The number of hydrogen-bond donors (Lipinski definition) is 0. The summed E-state index contributed by atoms with van der Waals surface area (Å²) in [5, 5.41) is 1.25. The number of anilines is 3. The predicted octanol–water partition coefficient (Wildman–Crippen LogP) is 13.8. The van der Waals surface area contributed by atoms with Crippen molar-refractivity contribution in [1.29, 1.82) is 0 Å². The molecule has 52 heavy (non-hydrogen) atoms. The summed E-state index contributed by atoms with van der Waals surface area (Å²) < 4.78 is 2.30. The van der Waals surface area contributed by atoms with E-state index in [2.05, 4.69) is 228 Å². The first-order valence-electron chi connectivity index (χ1n) is 17.8. The Hall–Kier alpha value is -6.90. The van der Waals surface area contributed by atoms with Gasteiger partial charge in [0.1, 0.15) is 0 Å². The molecule has 9 aromatic rings. The van der Waals surface area contributed by atoms with E-state index in [0.29, 0.717) is 0 Å². The van der Waals surface area contributed by atoms with Gasteiger partial charge in [0, 0.05) is 39.9 Å². The summed E-state index contributed by atoms with van der Waals surface area (Å²) in [7, 11) is 0. The Balaban J connectivity index is 1.03. The Kier molecular flexibility index (Phi) is 8.24. The molecule has 0 fully saturated rings. The van der Waals surface area contributed by atoms with Crippen molar-refractivity contribution in [3.05, 3.63) is 219 Å². The topological polar surface area (TPSA) is 8.17 Å². The summed E-state index contributed by atoms with van der Waals surface area (Å²) in [4.78, 5) is 2.33. The molecule has 0 aliphatic carbocycles. The molecule has 0 N–H and O–H groups in total. The monoisotopic (exact) mass is 664 g/mol. The molecular weight excluding hydrogens is 629 g/mol. The summed E-state index contributed by atoms with van der Waals surface area (Å²) in [6.45, 7) is 0. The molecular formula is C50H36N2. The van der Waals surface area contributed by atoms with Crippen molar-refractivity contribution >= 4 is 28.0 Å². The van der Waals surface area contributed by atoms with Crippen LogP contribution < -0.4 is 4.90 Å². The third kappa shape index (κ3) is 6.08. The molecule has 0 saturated carbocycles. The molecule has 0 unspecified atom stereocenters. The first kappa shape index (κ1) is 31.1. The lowest BCUT2D eigenvalue weighted by Gasteiger charge is -2.26. The molecule has 1 aromatic heterocycles. The molecule has 9 rings (SSSR count). The first-order chi connectivity index (χ1) is 25.8. The minimum Gasteiger partial charge on any atom is -0.316 e. The van der Waals surface area contributed by atoms with E-state index in [-0.39, 0.29) is 0 Å². The Morgan fingerprint density at radius 1 is 0.288 bits per heavy atom. The molecule has 0 spiro atoms. The van der Waals surface area contributed by atoms with Crippen LogP contribution in [0.25, 0.3) is 61.1 Å². The number of benzene rings is 8. The number of nitrogens with zero attached hydrogens (tertiary/aromatic N) is 2. The lowest BCUT2D eigenvalue weighted by Crippen LogP contribution is -2.09. The highest BCUT2D eigenvalue weighted by Crippen LogP contribution is 2.38. The van der Waals surface area contributed by atoms with E-state index in [4.69, 9.17) is 0 Å². The van der Waals surface area contributed by atoms with Gasteiger partial charge in [-0.15, -0.1) is 0 Å². The third-order valence-corrected chi connectivity index (χ3v) is 9.87. The normalized spacial score (nSPS) is 11.1. The summed E-state index contributed by atoms with van der Waals surface area (Å²) in [6, 6.07) is 75.9. The molecule has 2 nitrogen and oxygen atoms in total. The quantitative estimate of drug-likeness (QED) is 0.157. The van der Waals surface area contributed by atoms with Crippen LogP contribution in [0, 0.1) is 0 Å². The largest absolute Gasteiger partial charge is 0.316 e. The second kappa shape index (κ2) is 13.8. The van der Waals surface area contributed by atoms with Crippen molar-refractivity contribution in [3.63, 3.8) is 0 Å². The maximum atomic E-state index is 2.33. The van der Waals surface area contributed by atoms with E-state index in [1.807, 2.05) is 0 Å². The maximum Gasteiger partial charge on any atom is 0.0534 e. The molecule has 246 valence electrons. The molecule has 8 aromatic carbocycles. The molecule has 0 atom stereocenters. The fourth-order valence-electron chi connectivity index (χ4n) is 7.17. The molecule has 0 bridgehead atoms. The van der Waals surface area contributed by atoms with Crippen LogP contribution in [-0.4, -0.2) is 4.57 Å². The SMILES string of the molecule is c1ccc(-c2ccc(N(c3ccc(-c4ccccc4)cc3)c3ccc(-c4ccc(-n5cc(-c6ccccc6)c6ccccc65)cc4)cc3)cc2)cc1. The Labute approximate surface area is 305 Å². The number of aromatic nitrogens is 1. The van der Waals surface area contributed by atoms with Crippen LogP contribution in [0.1, 0.15) is 0 Å². The van der Waals surface area contributed by atoms with Crippen molar-refractivity contribution in [2.24, 2.45) is 0 Å². The fourth-order valence-corrected chi connectivity index (χ4v) is 7.17. The zero-order valence-corrected chi connectivity index (χ0v) is 28.7. The van der Waals surface area contributed by atoms with E-state index in [0.717, 1.165) is 22.7 Å². The second-order valence-electron chi connectivity index (χ2n) is 13.1. The first-order valence-corrected chi connectivity index (χ1v) is 17.8. The predicted molar refractivity (Wildman–Crippen MR) is 220 cm³/mol. The second-order valence-corrected chi connectivity index (χ2v) is 13.1. The third-order valence-electron chi connectivity index (χ3n) is 9.87. The average molecular weight is 665 g/mol. The van der Waals surface area contributed by atoms with Gasteiger partial charge in [0.2, 0.25) is 0 Å². The Bertz CT molecular complexity index is 2470. The zero-order valence-electron chi connectivity index (χ0n) is 28.7. The van der Waals surface area contributed by atoms with Crippen LogP contribution in [0.3, 0.4) is 0 Å². The summed E-state index contributed by atoms with van der Waals surface area (Å²) in [5.74, 6) is 0. The number of hydrogen-bond acceptors (Lipinski definition) is 1. The van der Waals surface area contributed by atoms with Crippen molar-refractivity contribution < 1.29 is 0 Å². The smallest absolute Gasteiger partial charge is 0.0534 e.